The van der Waals surface area contributed by atoms with Gasteiger partial charge in [-0.15, -0.1) is 23.1 Å². The zero-order chi connectivity index (χ0) is 16.1. The van der Waals surface area contributed by atoms with Gasteiger partial charge in [0, 0.05) is 21.9 Å². The average Bonchev–Trinajstić information content (AvgIpc) is 2.92. The van der Waals surface area contributed by atoms with Crippen molar-refractivity contribution in [3.63, 3.8) is 0 Å². The van der Waals surface area contributed by atoms with Gasteiger partial charge in [0.2, 0.25) is 5.91 Å². The van der Waals surface area contributed by atoms with Crippen LogP contribution in [0.3, 0.4) is 0 Å². The monoisotopic (exact) mass is 356 g/mol. The summed E-state index contributed by atoms with van der Waals surface area (Å²) in [5.41, 5.74) is 0.0389. The van der Waals surface area contributed by atoms with Crippen molar-refractivity contribution in [2.75, 3.05) is 5.75 Å². The molecule has 0 aliphatic rings. The summed E-state index contributed by atoms with van der Waals surface area (Å²) in [5.74, 6) is 0.154. The molecule has 0 saturated carbocycles. The minimum absolute atomic E-state index is 0.0389. The lowest BCUT2D eigenvalue weighted by Crippen LogP contribution is -2.27. The highest BCUT2D eigenvalue weighted by atomic mass is 35.5. The quantitative estimate of drug-likeness (QED) is 0.476. The van der Waals surface area contributed by atoms with E-state index >= 15 is 0 Å². The summed E-state index contributed by atoms with van der Waals surface area (Å²) < 4.78 is 0.691. The first-order chi connectivity index (χ1) is 10.5. The molecule has 5 nitrogen and oxygen atoms in total. The van der Waals surface area contributed by atoms with Crippen LogP contribution >= 0.6 is 34.7 Å². The largest absolute Gasteiger partial charge is 0.348 e. The Labute approximate surface area is 140 Å². The van der Waals surface area contributed by atoms with Gasteiger partial charge >= 0.3 is 0 Å². The normalized spacial score (nSPS) is 11.9. The van der Waals surface area contributed by atoms with Gasteiger partial charge in [0.25, 0.3) is 5.69 Å². The number of nitro benzene ring substituents is 1. The van der Waals surface area contributed by atoms with Crippen LogP contribution in [0.2, 0.25) is 4.34 Å². The minimum Gasteiger partial charge on any atom is -0.348 e. The number of carbonyl (C=O) groups is 1. The number of thioether (sulfide) groups is 1. The third-order valence-corrected chi connectivity index (χ3v) is 5.24. The molecule has 1 N–H and O–H groups in total. The summed E-state index contributed by atoms with van der Waals surface area (Å²) in [6.45, 7) is 1.90. The molecular formula is C14H13ClN2O3S2. The van der Waals surface area contributed by atoms with Crippen LogP contribution in [-0.4, -0.2) is 16.6 Å². The van der Waals surface area contributed by atoms with Gasteiger partial charge in [0.15, 0.2) is 0 Å². The zero-order valence-corrected chi connectivity index (χ0v) is 14.0. The molecule has 2 aromatic rings. The van der Waals surface area contributed by atoms with E-state index in [9.17, 15) is 14.9 Å². The van der Waals surface area contributed by atoms with Gasteiger partial charge in [-0.25, -0.2) is 0 Å². The summed E-state index contributed by atoms with van der Waals surface area (Å²) in [6.07, 6.45) is 0. The number of hydrogen-bond donors (Lipinski definition) is 1. The van der Waals surface area contributed by atoms with Gasteiger partial charge in [0.1, 0.15) is 0 Å². The van der Waals surface area contributed by atoms with Crippen molar-refractivity contribution in [2.45, 2.75) is 17.9 Å². The Morgan fingerprint density at radius 3 is 2.59 bits per heavy atom. The first kappa shape index (κ1) is 16.8. The molecule has 8 heteroatoms. The van der Waals surface area contributed by atoms with E-state index in [0.29, 0.717) is 4.34 Å². The van der Waals surface area contributed by atoms with E-state index in [4.69, 9.17) is 11.6 Å². The summed E-state index contributed by atoms with van der Waals surface area (Å²) >= 11 is 8.64. The molecule has 0 spiro atoms. The van der Waals surface area contributed by atoms with E-state index in [1.807, 2.05) is 13.0 Å². The Bertz CT molecular complexity index is 673. The number of rotatable bonds is 6. The minimum atomic E-state index is -0.449. The summed E-state index contributed by atoms with van der Waals surface area (Å²) in [6, 6.07) is 9.73. The second kappa shape index (κ2) is 7.62. The maximum Gasteiger partial charge on any atom is 0.269 e. The van der Waals surface area contributed by atoms with E-state index in [-0.39, 0.29) is 23.4 Å². The van der Waals surface area contributed by atoms with Crippen molar-refractivity contribution in [3.8, 4) is 0 Å². The molecule has 1 heterocycles. The van der Waals surface area contributed by atoms with Crippen molar-refractivity contribution in [2.24, 2.45) is 0 Å². The number of amides is 1. The summed E-state index contributed by atoms with van der Waals surface area (Å²) in [4.78, 5) is 23.8. The van der Waals surface area contributed by atoms with Crippen molar-refractivity contribution >= 4 is 46.3 Å². The molecule has 1 atom stereocenters. The molecule has 22 heavy (non-hydrogen) atoms. The lowest BCUT2D eigenvalue weighted by atomic mass is 10.3. The Balaban J connectivity index is 1.83. The summed E-state index contributed by atoms with van der Waals surface area (Å²) in [5, 5.41) is 13.5. The van der Waals surface area contributed by atoms with Crippen molar-refractivity contribution in [1.82, 2.24) is 5.32 Å². The van der Waals surface area contributed by atoms with Crippen LogP contribution in [0.5, 0.6) is 0 Å². The summed E-state index contributed by atoms with van der Waals surface area (Å²) in [7, 11) is 0. The molecule has 2 rings (SSSR count). The molecule has 0 radical (unpaired) electrons. The third-order valence-electron chi connectivity index (χ3n) is 2.82. The van der Waals surface area contributed by atoms with Gasteiger partial charge in [-0.3, -0.25) is 14.9 Å². The van der Waals surface area contributed by atoms with Crippen molar-refractivity contribution < 1.29 is 9.72 Å². The highest BCUT2D eigenvalue weighted by Gasteiger charge is 2.12. The van der Waals surface area contributed by atoms with E-state index < -0.39 is 4.92 Å². The average molecular weight is 357 g/mol. The fourth-order valence-electron chi connectivity index (χ4n) is 1.73. The number of carbonyl (C=O) groups excluding carboxylic acids is 1. The first-order valence-corrected chi connectivity index (χ1v) is 8.55. The van der Waals surface area contributed by atoms with Gasteiger partial charge < -0.3 is 5.32 Å². The second-order valence-electron chi connectivity index (χ2n) is 4.47. The molecule has 0 saturated heterocycles. The Morgan fingerprint density at radius 2 is 2.05 bits per heavy atom. The predicted octanol–water partition coefficient (Wildman–Crippen LogP) is 4.28. The maximum absolute atomic E-state index is 11.9. The van der Waals surface area contributed by atoms with Crippen LogP contribution in [0.4, 0.5) is 5.69 Å². The van der Waals surface area contributed by atoms with Gasteiger partial charge in [-0.05, 0) is 31.2 Å². The second-order valence-corrected chi connectivity index (χ2v) is 7.27. The number of nitrogens with zero attached hydrogens (tertiary/aromatic N) is 1. The number of nitro groups is 1. The van der Waals surface area contributed by atoms with E-state index in [2.05, 4.69) is 5.32 Å². The number of benzene rings is 1. The number of nitrogens with one attached hydrogen (secondary N) is 1. The molecule has 0 fully saturated rings. The molecule has 0 aliphatic heterocycles. The van der Waals surface area contributed by atoms with Crippen LogP contribution in [0.25, 0.3) is 0 Å². The lowest BCUT2D eigenvalue weighted by Gasteiger charge is -2.11. The molecule has 1 aromatic heterocycles. The topological polar surface area (TPSA) is 72.2 Å². The number of non-ortho nitro benzene ring substituents is 1. The molecule has 116 valence electrons. The molecular weight excluding hydrogens is 344 g/mol. The highest BCUT2D eigenvalue weighted by molar-refractivity contribution is 8.00. The predicted molar refractivity (Wildman–Crippen MR) is 89.7 cm³/mol. The Hall–Kier alpha value is -1.57. The molecule has 0 bridgehead atoms. The van der Waals surface area contributed by atoms with Gasteiger partial charge in [0.05, 0.1) is 21.1 Å². The van der Waals surface area contributed by atoms with Crippen LogP contribution in [-0.2, 0) is 4.79 Å². The van der Waals surface area contributed by atoms with E-state index in [1.165, 1.54) is 35.2 Å². The van der Waals surface area contributed by atoms with Crippen molar-refractivity contribution in [1.29, 1.82) is 0 Å². The fourth-order valence-corrected chi connectivity index (χ4v) is 3.50. The van der Waals surface area contributed by atoms with Crippen LogP contribution in [0.15, 0.2) is 41.3 Å². The lowest BCUT2D eigenvalue weighted by molar-refractivity contribution is -0.384. The first-order valence-electron chi connectivity index (χ1n) is 6.37. The smallest absolute Gasteiger partial charge is 0.269 e. The number of thiophene rings is 1. The SMILES string of the molecule is C[C@H](NC(=O)CSc1ccc([N+](=O)[O-])cc1)c1ccc(Cl)s1. The molecule has 0 unspecified atom stereocenters. The van der Waals surface area contributed by atoms with Crippen LogP contribution in [0, 0.1) is 10.1 Å². The van der Waals surface area contributed by atoms with E-state index in [1.54, 1.807) is 18.2 Å². The standard InChI is InChI=1S/C14H13ClN2O3S2/c1-9(12-6-7-13(15)22-12)16-14(18)8-21-11-4-2-10(3-5-11)17(19)20/h2-7,9H,8H2,1H3,(H,16,18)/t9-/m0/s1. The number of hydrogen-bond acceptors (Lipinski definition) is 5. The van der Waals surface area contributed by atoms with E-state index in [0.717, 1.165) is 9.77 Å². The Morgan fingerprint density at radius 1 is 1.36 bits per heavy atom. The van der Waals surface area contributed by atoms with Gasteiger partial charge in [-0.2, -0.15) is 0 Å². The zero-order valence-electron chi connectivity index (χ0n) is 11.6. The maximum atomic E-state index is 11.9. The van der Waals surface area contributed by atoms with Crippen molar-refractivity contribution in [3.05, 3.63) is 55.7 Å². The van der Waals surface area contributed by atoms with Crippen LogP contribution in [0.1, 0.15) is 17.8 Å². The fraction of sp³-hybridized carbons (Fsp3) is 0.214. The Kier molecular flexibility index (Phi) is 5.82. The highest BCUT2D eigenvalue weighted by Crippen LogP contribution is 2.27. The van der Waals surface area contributed by atoms with Crippen LogP contribution < -0.4 is 5.32 Å². The number of halogens is 1. The molecule has 1 aromatic carbocycles. The van der Waals surface area contributed by atoms with Gasteiger partial charge in [-0.1, -0.05) is 11.6 Å². The molecule has 1 amide bonds. The third kappa shape index (κ3) is 4.72. The molecule has 0 aliphatic carbocycles.